The number of carboxylic acid groups (broad SMARTS) is 1. The molecule has 1 atom stereocenters. The molecule has 1 aliphatic rings. The molecule has 19 heavy (non-hydrogen) atoms. The van der Waals surface area contributed by atoms with Crippen LogP contribution in [0.3, 0.4) is 0 Å². The van der Waals surface area contributed by atoms with Crippen LogP contribution in [0.2, 0.25) is 0 Å². The summed E-state index contributed by atoms with van der Waals surface area (Å²) in [6.07, 6.45) is 5.31. The van der Waals surface area contributed by atoms with Gasteiger partial charge in [0.25, 0.3) is 10.2 Å². The van der Waals surface area contributed by atoms with Crippen molar-refractivity contribution in [2.45, 2.75) is 64.0 Å². The van der Waals surface area contributed by atoms with Crippen LogP contribution in [-0.2, 0) is 15.0 Å². The van der Waals surface area contributed by atoms with E-state index in [-0.39, 0.29) is 12.5 Å². The van der Waals surface area contributed by atoms with Crippen LogP contribution >= 0.6 is 0 Å². The Morgan fingerprint density at radius 2 is 1.95 bits per heavy atom. The Balaban J connectivity index is 2.64. The summed E-state index contributed by atoms with van der Waals surface area (Å²) in [6.45, 7) is 1.77. The Kier molecular flexibility index (Phi) is 6.22. The SMILES string of the molecule is CCC(CC(=O)O)NS(=O)(=O)N(C)C1CCCCC1. The molecule has 7 heteroatoms. The first-order valence-corrected chi connectivity index (χ1v) is 8.28. The van der Waals surface area contributed by atoms with E-state index in [1.54, 1.807) is 14.0 Å². The van der Waals surface area contributed by atoms with Crippen molar-refractivity contribution in [2.24, 2.45) is 0 Å². The molecule has 0 aliphatic heterocycles. The van der Waals surface area contributed by atoms with Crippen LogP contribution in [0, 0.1) is 0 Å². The van der Waals surface area contributed by atoms with Crippen molar-refractivity contribution in [3.05, 3.63) is 0 Å². The fraction of sp³-hybridized carbons (Fsp3) is 0.917. The summed E-state index contributed by atoms with van der Waals surface area (Å²) < 4.78 is 28.3. The molecule has 0 saturated heterocycles. The van der Waals surface area contributed by atoms with E-state index >= 15 is 0 Å². The zero-order valence-electron chi connectivity index (χ0n) is 11.6. The second kappa shape index (κ2) is 7.21. The Hall–Kier alpha value is -0.660. The van der Waals surface area contributed by atoms with Gasteiger partial charge in [-0.25, -0.2) is 0 Å². The molecule has 0 aromatic heterocycles. The number of nitrogens with one attached hydrogen (secondary N) is 1. The lowest BCUT2D eigenvalue weighted by Gasteiger charge is -2.31. The number of carboxylic acids is 1. The van der Waals surface area contributed by atoms with Crippen molar-refractivity contribution >= 4 is 16.2 Å². The molecule has 1 fully saturated rings. The van der Waals surface area contributed by atoms with Crippen molar-refractivity contribution in [1.29, 1.82) is 0 Å². The summed E-state index contributed by atoms with van der Waals surface area (Å²) in [5.41, 5.74) is 0. The van der Waals surface area contributed by atoms with E-state index in [0.29, 0.717) is 6.42 Å². The molecule has 0 spiro atoms. The minimum Gasteiger partial charge on any atom is -0.481 e. The van der Waals surface area contributed by atoms with Crippen molar-refractivity contribution in [3.63, 3.8) is 0 Å². The van der Waals surface area contributed by atoms with Crippen LogP contribution < -0.4 is 4.72 Å². The van der Waals surface area contributed by atoms with Crippen molar-refractivity contribution < 1.29 is 18.3 Å². The summed E-state index contributed by atoms with van der Waals surface area (Å²) in [5.74, 6) is -0.991. The monoisotopic (exact) mass is 292 g/mol. The average Bonchev–Trinajstić information content (AvgIpc) is 2.37. The molecule has 2 N–H and O–H groups in total. The van der Waals surface area contributed by atoms with Crippen molar-refractivity contribution in [1.82, 2.24) is 9.03 Å². The van der Waals surface area contributed by atoms with Gasteiger partial charge in [-0.2, -0.15) is 17.4 Å². The van der Waals surface area contributed by atoms with Gasteiger partial charge in [0.05, 0.1) is 6.42 Å². The van der Waals surface area contributed by atoms with E-state index in [4.69, 9.17) is 5.11 Å². The third-order valence-corrected chi connectivity index (χ3v) is 5.39. The number of aliphatic carboxylic acids is 1. The highest BCUT2D eigenvalue weighted by Gasteiger charge is 2.29. The van der Waals surface area contributed by atoms with E-state index < -0.39 is 22.2 Å². The third-order valence-electron chi connectivity index (χ3n) is 3.70. The van der Waals surface area contributed by atoms with Gasteiger partial charge in [0, 0.05) is 19.1 Å². The fourth-order valence-electron chi connectivity index (χ4n) is 2.41. The lowest BCUT2D eigenvalue weighted by atomic mass is 9.96. The minimum absolute atomic E-state index is 0.0357. The zero-order chi connectivity index (χ0) is 14.5. The molecule has 112 valence electrons. The number of hydrogen-bond donors (Lipinski definition) is 2. The van der Waals surface area contributed by atoms with Crippen LogP contribution in [0.25, 0.3) is 0 Å². The second-order valence-electron chi connectivity index (χ2n) is 5.13. The lowest BCUT2D eigenvalue weighted by molar-refractivity contribution is -0.137. The van der Waals surface area contributed by atoms with Gasteiger partial charge in [0.15, 0.2) is 0 Å². The Labute approximate surface area is 115 Å². The maximum absolute atomic E-state index is 12.2. The highest BCUT2D eigenvalue weighted by atomic mass is 32.2. The predicted octanol–water partition coefficient (Wildman–Crippen LogP) is 1.34. The first kappa shape index (κ1) is 16.4. The Morgan fingerprint density at radius 3 is 2.42 bits per heavy atom. The first-order chi connectivity index (χ1) is 8.86. The van der Waals surface area contributed by atoms with Crippen molar-refractivity contribution in [2.75, 3.05) is 7.05 Å². The quantitative estimate of drug-likeness (QED) is 0.741. The molecule has 1 saturated carbocycles. The van der Waals surface area contributed by atoms with E-state index in [1.165, 1.54) is 4.31 Å². The highest BCUT2D eigenvalue weighted by molar-refractivity contribution is 7.87. The maximum atomic E-state index is 12.2. The molecule has 0 amide bonds. The molecular weight excluding hydrogens is 268 g/mol. The van der Waals surface area contributed by atoms with Gasteiger partial charge in [-0.05, 0) is 19.3 Å². The lowest BCUT2D eigenvalue weighted by Crippen LogP contribution is -2.48. The molecule has 1 aliphatic carbocycles. The number of carbonyl (C=O) groups is 1. The minimum atomic E-state index is -3.60. The molecule has 1 unspecified atom stereocenters. The normalized spacial score (nSPS) is 19.5. The first-order valence-electron chi connectivity index (χ1n) is 6.84. The van der Waals surface area contributed by atoms with E-state index in [9.17, 15) is 13.2 Å². The van der Waals surface area contributed by atoms with Gasteiger partial charge in [-0.15, -0.1) is 0 Å². The van der Waals surface area contributed by atoms with Crippen LogP contribution in [0.4, 0.5) is 0 Å². The van der Waals surface area contributed by atoms with Crippen LogP contribution in [0.5, 0.6) is 0 Å². The Morgan fingerprint density at radius 1 is 1.37 bits per heavy atom. The molecule has 1 rings (SSSR count). The van der Waals surface area contributed by atoms with Crippen molar-refractivity contribution in [3.8, 4) is 0 Å². The summed E-state index contributed by atoms with van der Waals surface area (Å²) in [5, 5.41) is 8.75. The smallest absolute Gasteiger partial charge is 0.304 e. The fourth-order valence-corrected chi connectivity index (χ4v) is 3.86. The highest BCUT2D eigenvalue weighted by Crippen LogP contribution is 2.23. The third kappa shape index (κ3) is 5.08. The van der Waals surface area contributed by atoms with Gasteiger partial charge >= 0.3 is 5.97 Å². The van der Waals surface area contributed by atoms with Crippen LogP contribution in [0.1, 0.15) is 51.9 Å². The second-order valence-corrected chi connectivity index (χ2v) is 6.90. The summed E-state index contributed by atoms with van der Waals surface area (Å²) >= 11 is 0. The zero-order valence-corrected chi connectivity index (χ0v) is 12.4. The van der Waals surface area contributed by atoms with Gasteiger partial charge in [-0.1, -0.05) is 26.2 Å². The van der Waals surface area contributed by atoms with Gasteiger partial charge in [-0.3, -0.25) is 4.79 Å². The average molecular weight is 292 g/mol. The number of rotatable bonds is 7. The predicted molar refractivity (Wildman–Crippen MR) is 73.0 cm³/mol. The standard InChI is InChI=1S/C12H24N2O4S/c1-3-10(9-12(15)16)13-19(17,18)14(2)11-7-5-4-6-8-11/h10-11,13H,3-9H2,1-2H3,(H,15,16). The molecule has 0 heterocycles. The number of hydrogen-bond acceptors (Lipinski definition) is 3. The van der Waals surface area contributed by atoms with Crippen LogP contribution in [-0.4, -0.2) is 42.9 Å². The summed E-state index contributed by atoms with van der Waals surface area (Å²) in [4.78, 5) is 10.7. The topological polar surface area (TPSA) is 86.7 Å². The molecule has 0 aromatic rings. The van der Waals surface area contributed by atoms with E-state index in [1.807, 2.05) is 0 Å². The van der Waals surface area contributed by atoms with Gasteiger partial charge in [0.2, 0.25) is 0 Å². The summed E-state index contributed by atoms with van der Waals surface area (Å²) in [6, 6.07) is -0.512. The van der Waals surface area contributed by atoms with E-state index in [2.05, 4.69) is 4.72 Å². The molecule has 0 aromatic carbocycles. The molecule has 0 bridgehead atoms. The molecular formula is C12H24N2O4S. The van der Waals surface area contributed by atoms with Crippen LogP contribution in [0.15, 0.2) is 0 Å². The molecule has 6 nitrogen and oxygen atoms in total. The number of nitrogens with zero attached hydrogens (tertiary/aromatic N) is 1. The Bertz CT molecular complexity index is 391. The molecule has 0 radical (unpaired) electrons. The van der Waals surface area contributed by atoms with Gasteiger partial charge in [0.1, 0.15) is 0 Å². The van der Waals surface area contributed by atoms with Gasteiger partial charge < -0.3 is 5.11 Å². The van der Waals surface area contributed by atoms with E-state index in [0.717, 1.165) is 32.1 Å². The largest absolute Gasteiger partial charge is 0.481 e. The maximum Gasteiger partial charge on any atom is 0.304 e. The summed E-state index contributed by atoms with van der Waals surface area (Å²) in [7, 11) is -2.02.